The second-order valence-electron chi connectivity index (χ2n) is 4.59. The number of nitrogen functional groups attached to an aromatic ring is 1. The first kappa shape index (κ1) is 12.9. The van der Waals surface area contributed by atoms with Crippen LogP contribution in [0.15, 0.2) is 47.3 Å². The van der Waals surface area contributed by atoms with Crippen LogP contribution < -0.4 is 11.1 Å². The van der Waals surface area contributed by atoms with E-state index in [1.165, 1.54) is 0 Å². The predicted molar refractivity (Wildman–Crippen MR) is 83.9 cm³/mol. The van der Waals surface area contributed by atoms with Gasteiger partial charge in [-0.25, -0.2) is 0 Å². The van der Waals surface area contributed by atoms with Crippen molar-refractivity contribution in [1.29, 1.82) is 0 Å². The molecule has 1 atom stereocenters. The lowest BCUT2D eigenvalue weighted by Crippen LogP contribution is -2.11. The van der Waals surface area contributed by atoms with E-state index in [1.807, 2.05) is 41.1 Å². The summed E-state index contributed by atoms with van der Waals surface area (Å²) in [5.74, 6) is 0. The molecule has 0 fully saturated rings. The molecule has 5 heteroatoms. The highest BCUT2D eigenvalue weighted by Gasteiger charge is 2.09. The molecule has 1 unspecified atom stereocenters. The molecule has 2 heterocycles. The van der Waals surface area contributed by atoms with Gasteiger partial charge in [-0.15, -0.1) is 0 Å². The zero-order valence-electron chi connectivity index (χ0n) is 10.8. The van der Waals surface area contributed by atoms with Crippen LogP contribution in [0.25, 0.3) is 10.9 Å². The Bertz CT molecular complexity index is 712. The molecule has 4 N–H and O–H groups in total. The van der Waals surface area contributed by atoms with Gasteiger partial charge in [0.2, 0.25) is 0 Å². The number of aliphatic hydroxyl groups is 1. The zero-order valence-corrected chi connectivity index (χ0v) is 11.6. The molecule has 0 radical (unpaired) electrons. The fourth-order valence-electron chi connectivity index (χ4n) is 2.11. The summed E-state index contributed by atoms with van der Waals surface area (Å²) in [6, 6.07) is 9.47. The second kappa shape index (κ2) is 5.48. The molecule has 3 aromatic rings. The predicted octanol–water partition coefficient (Wildman–Crippen LogP) is 3.02. The summed E-state index contributed by atoms with van der Waals surface area (Å²) in [4.78, 5) is 4.30. The molecule has 0 aliphatic rings. The van der Waals surface area contributed by atoms with Crippen LogP contribution in [0.1, 0.15) is 11.7 Å². The molecule has 20 heavy (non-hydrogen) atoms. The number of nitrogens with two attached hydrogens (primary N) is 1. The average molecular weight is 285 g/mol. The number of benzene rings is 1. The Morgan fingerprint density at radius 3 is 3.00 bits per heavy atom. The van der Waals surface area contributed by atoms with Gasteiger partial charge in [0.1, 0.15) is 0 Å². The van der Waals surface area contributed by atoms with E-state index in [1.54, 1.807) is 17.5 Å². The molecule has 4 nitrogen and oxygen atoms in total. The van der Waals surface area contributed by atoms with Crippen LogP contribution >= 0.6 is 11.3 Å². The van der Waals surface area contributed by atoms with Crippen LogP contribution in [0.4, 0.5) is 11.4 Å². The van der Waals surface area contributed by atoms with Gasteiger partial charge in [0.25, 0.3) is 0 Å². The van der Waals surface area contributed by atoms with E-state index in [4.69, 9.17) is 5.73 Å². The van der Waals surface area contributed by atoms with Crippen molar-refractivity contribution in [3.05, 3.63) is 52.9 Å². The fraction of sp³-hybridized carbons (Fsp3) is 0.133. The highest BCUT2D eigenvalue weighted by atomic mass is 32.1. The third-order valence-corrected chi connectivity index (χ3v) is 3.88. The number of hydrogen-bond donors (Lipinski definition) is 3. The summed E-state index contributed by atoms with van der Waals surface area (Å²) in [7, 11) is 0. The van der Waals surface area contributed by atoms with Crippen molar-refractivity contribution >= 4 is 33.6 Å². The Hall–Kier alpha value is -2.11. The third-order valence-electron chi connectivity index (χ3n) is 3.18. The molecule has 0 bridgehead atoms. The minimum atomic E-state index is -0.516. The molecule has 102 valence electrons. The minimum Gasteiger partial charge on any atom is -0.399 e. The quantitative estimate of drug-likeness (QED) is 0.644. The number of nitrogens with zero attached hydrogens (tertiary/aromatic N) is 1. The molecule has 0 amide bonds. The SMILES string of the molecule is Nc1ccc2c(NCC(O)c3ccsc3)ccnc2c1. The van der Waals surface area contributed by atoms with E-state index in [-0.39, 0.29) is 0 Å². The number of nitrogens with one attached hydrogen (secondary N) is 1. The lowest BCUT2D eigenvalue weighted by atomic mass is 10.1. The standard InChI is InChI=1S/C15H15N3OS/c16-11-1-2-12-13(3-5-17-14(12)7-11)18-8-15(19)10-4-6-20-9-10/h1-7,9,15,19H,8,16H2,(H,17,18). The van der Waals surface area contributed by atoms with Crippen LogP contribution in [0.5, 0.6) is 0 Å². The number of aromatic nitrogens is 1. The van der Waals surface area contributed by atoms with Crippen LogP contribution in [-0.4, -0.2) is 16.6 Å². The van der Waals surface area contributed by atoms with E-state index >= 15 is 0 Å². The Balaban J connectivity index is 1.81. The average Bonchev–Trinajstić information content (AvgIpc) is 2.98. The Morgan fingerprint density at radius 2 is 2.20 bits per heavy atom. The van der Waals surface area contributed by atoms with E-state index in [0.717, 1.165) is 22.2 Å². The summed E-state index contributed by atoms with van der Waals surface area (Å²) in [5, 5.41) is 18.3. The van der Waals surface area contributed by atoms with Gasteiger partial charge in [-0.2, -0.15) is 11.3 Å². The summed E-state index contributed by atoms with van der Waals surface area (Å²) < 4.78 is 0. The number of anilines is 2. The van der Waals surface area contributed by atoms with Gasteiger partial charge in [0.05, 0.1) is 11.6 Å². The van der Waals surface area contributed by atoms with Crippen LogP contribution in [0, 0.1) is 0 Å². The van der Waals surface area contributed by atoms with Crippen molar-refractivity contribution in [1.82, 2.24) is 4.98 Å². The number of rotatable bonds is 4. The highest BCUT2D eigenvalue weighted by molar-refractivity contribution is 7.07. The first-order chi connectivity index (χ1) is 9.74. The highest BCUT2D eigenvalue weighted by Crippen LogP contribution is 2.24. The Labute approximate surface area is 120 Å². The van der Waals surface area contributed by atoms with E-state index in [9.17, 15) is 5.11 Å². The maximum absolute atomic E-state index is 10.1. The molecule has 0 spiro atoms. The Morgan fingerprint density at radius 1 is 1.30 bits per heavy atom. The number of thiophene rings is 1. The van der Waals surface area contributed by atoms with Crippen LogP contribution in [-0.2, 0) is 0 Å². The monoisotopic (exact) mass is 285 g/mol. The van der Waals surface area contributed by atoms with Crippen molar-refractivity contribution in [2.24, 2.45) is 0 Å². The molecular formula is C15H15N3OS. The van der Waals surface area contributed by atoms with Gasteiger partial charge >= 0.3 is 0 Å². The van der Waals surface area contributed by atoms with Crippen molar-refractivity contribution < 1.29 is 5.11 Å². The first-order valence-electron chi connectivity index (χ1n) is 6.32. The van der Waals surface area contributed by atoms with Crippen molar-refractivity contribution in [3.63, 3.8) is 0 Å². The summed E-state index contributed by atoms with van der Waals surface area (Å²) in [6.07, 6.45) is 1.22. The lowest BCUT2D eigenvalue weighted by molar-refractivity contribution is 0.192. The van der Waals surface area contributed by atoms with Gasteiger partial charge in [-0.1, -0.05) is 0 Å². The maximum atomic E-state index is 10.1. The Kier molecular flexibility index (Phi) is 3.54. The van der Waals surface area contributed by atoms with E-state index < -0.39 is 6.10 Å². The maximum Gasteiger partial charge on any atom is 0.0970 e. The normalized spacial score (nSPS) is 12.4. The third kappa shape index (κ3) is 2.59. The zero-order chi connectivity index (χ0) is 13.9. The number of aliphatic hydroxyl groups excluding tert-OH is 1. The summed E-state index contributed by atoms with van der Waals surface area (Å²) in [5.41, 5.74) is 9.19. The van der Waals surface area contributed by atoms with Gasteiger partial charge in [-0.05, 0) is 46.7 Å². The molecule has 1 aromatic carbocycles. The van der Waals surface area contributed by atoms with Gasteiger partial charge in [0, 0.05) is 29.5 Å². The van der Waals surface area contributed by atoms with Crippen molar-refractivity contribution in [3.8, 4) is 0 Å². The van der Waals surface area contributed by atoms with Gasteiger partial charge in [-0.3, -0.25) is 4.98 Å². The van der Waals surface area contributed by atoms with Crippen molar-refractivity contribution in [2.45, 2.75) is 6.10 Å². The molecule has 0 aliphatic carbocycles. The van der Waals surface area contributed by atoms with Gasteiger partial charge < -0.3 is 16.2 Å². The number of pyridine rings is 1. The molecule has 0 aliphatic heterocycles. The van der Waals surface area contributed by atoms with Gasteiger partial charge in [0.15, 0.2) is 0 Å². The van der Waals surface area contributed by atoms with E-state index in [2.05, 4.69) is 10.3 Å². The second-order valence-corrected chi connectivity index (χ2v) is 5.37. The summed E-state index contributed by atoms with van der Waals surface area (Å²) in [6.45, 7) is 0.459. The number of hydrogen-bond acceptors (Lipinski definition) is 5. The smallest absolute Gasteiger partial charge is 0.0970 e. The summed E-state index contributed by atoms with van der Waals surface area (Å²) >= 11 is 1.58. The molecule has 2 aromatic heterocycles. The molecular weight excluding hydrogens is 270 g/mol. The molecule has 3 rings (SSSR count). The molecule has 0 saturated carbocycles. The lowest BCUT2D eigenvalue weighted by Gasteiger charge is -2.13. The van der Waals surface area contributed by atoms with Crippen LogP contribution in [0.3, 0.4) is 0 Å². The number of fused-ring (bicyclic) bond motifs is 1. The minimum absolute atomic E-state index is 0.459. The van der Waals surface area contributed by atoms with Crippen molar-refractivity contribution in [2.75, 3.05) is 17.6 Å². The first-order valence-corrected chi connectivity index (χ1v) is 7.26. The fourth-order valence-corrected chi connectivity index (χ4v) is 2.82. The van der Waals surface area contributed by atoms with E-state index in [0.29, 0.717) is 12.2 Å². The topological polar surface area (TPSA) is 71.2 Å². The molecule has 0 saturated heterocycles. The van der Waals surface area contributed by atoms with Crippen LogP contribution in [0.2, 0.25) is 0 Å². The largest absolute Gasteiger partial charge is 0.399 e.